The zero-order valence-corrected chi connectivity index (χ0v) is 12.2. The van der Waals surface area contributed by atoms with E-state index in [1.54, 1.807) is 0 Å². The minimum atomic E-state index is -0.196. The van der Waals surface area contributed by atoms with Crippen LogP contribution in [-0.2, 0) is 4.74 Å². The fourth-order valence-corrected chi connectivity index (χ4v) is 5.85. The van der Waals surface area contributed by atoms with Crippen molar-refractivity contribution in [3.63, 3.8) is 0 Å². The third-order valence-corrected chi connectivity index (χ3v) is 6.63. The molecule has 2 aliphatic carbocycles. The molecule has 0 amide bonds. The van der Waals surface area contributed by atoms with Crippen molar-refractivity contribution in [2.45, 2.75) is 64.9 Å². The van der Waals surface area contributed by atoms with Crippen molar-refractivity contribution >= 4 is 0 Å². The van der Waals surface area contributed by atoms with Gasteiger partial charge in [-0.25, -0.2) is 0 Å². The standard InChI is InChI=1S/C16H28O2/c1-14(2)7-4-8-15(3)12(14)5-9-16(11-17)13(15)6-10-18-16/h12-13,17H,4-11H2,1-3H3. The first-order valence-corrected chi connectivity index (χ1v) is 7.69. The average Bonchev–Trinajstić information content (AvgIpc) is 2.73. The summed E-state index contributed by atoms with van der Waals surface area (Å²) in [7, 11) is 0. The van der Waals surface area contributed by atoms with Gasteiger partial charge in [-0.15, -0.1) is 0 Å². The fourth-order valence-electron chi connectivity index (χ4n) is 5.85. The van der Waals surface area contributed by atoms with Crippen molar-refractivity contribution in [3.8, 4) is 0 Å². The van der Waals surface area contributed by atoms with E-state index in [1.165, 1.54) is 25.7 Å². The van der Waals surface area contributed by atoms with E-state index >= 15 is 0 Å². The smallest absolute Gasteiger partial charge is 0.0946 e. The number of fused-ring (bicyclic) bond motifs is 3. The van der Waals surface area contributed by atoms with Crippen molar-refractivity contribution in [2.75, 3.05) is 13.2 Å². The maximum atomic E-state index is 9.86. The summed E-state index contributed by atoms with van der Waals surface area (Å²) in [5.74, 6) is 1.39. The molecule has 3 fully saturated rings. The fraction of sp³-hybridized carbons (Fsp3) is 1.00. The van der Waals surface area contributed by atoms with Gasteiger partial charge in [-0.1, -0.05) is 27.2 Å². The molecule has 1 aliphatic heterocycles. The summed E-state index contributed by atoms with van der Waals surface area (Å²) in [5.41, 5.74) is 0.662. The van der Waals surface area contributed by atoms with Gasteiger partial charge < -0.3 is 9.84 Å². The molecule has 0 aromatic rings. The van der Waals surface area contributed by atoms with Crippen LogP contribution in [0.15, 0.2) is 0 Å². The van der Waals surface area contributed by atoms with Gasteiger partial charge in [0.1, 0.15) is 0 Å². The summed E-state index contributed by atoms with van der Waals surface area (Å²) in [6, 6.07) is 0. The lowest BCUT2D eigenvalue weighted by Gasteiger charge is -2.60. The molecule has 1 heterocycles. The van der Waals surface area contributed by atoms with E-state index in [0.29, 0.717) is 16.7 Å². The number of aliphatic hydroxyl groups is 1. The summed E-state index contributed by atoms with van der Waals surface area (Å²) in [6.45, 7) is 8.48. The van der Waals surface area contributed by atoms with E-state index in [9.17, 15) is 5.11 Å². The maximum Gasteiger partial charge on any atom is 0.0946 e. The normalized spacial score (nSPS) is 50.7. The zero-order valence-electron chi connectivity index (χ0n) is 12.2. The largest absolute Gasteiger partial charge is 0.393 e. The predicted molar refractivity (Wildman–Crippen MR) is 72.3 cm³/mol. The molecule has 3 rings (SSSR count). The van der Waals surface area contributed by atoms with Gasteiger partial charge in [0.2, 0.25) is 0 Å². The third kappa shape index (κ3) is 1.54. The molecule has 4 unspecified atom stereocenters. The molecule has 3 aliphatic rings. The molecule has 0 bridgehead atoms. The molecular weight excluding hydrogens is 224 g/mol. The quantitative estimate of drug-likeness (QED) is 0.775. The molecule has 2 nitrogen and oxygen atoms in total. The third-order valence-electron chi connectivity index (χ3n) is 6.63. The molecule has 4 atom stereocenters. The van der Waals surface area contributed by atoms with Crippen LogP contribution in [0.5, 0.6) is 0 Å². The molecule has 1 N–H and O–H groups in total. The summed E-state index contributed by atoms with van der Waals surface area (Å²) in [5, 5.41) is 9.86. The highest BCUT2D eigenvalue weighted by Gasteiger charge is 2.61. The highest BCUT2D eigenvalue weighted by molar-refractivity contribution is 5.10. The average molecular weight is 252 g/mol. The first-order chi connectivity index (χ1) is 8.45. The Labute approximate surface area is 111 Å². The highest BCUT2D eigenvalue weighted by atomic mass is 16.5. The van der Waals surface area contributed by atoms with Gasteiger partial charge in [0.15, 0.2) is 0 Å². The Morgan fingerprint density at radius 3 is 2.56 bits per heavy atom. The van der Waals surface area contributed by atoms with Crippen LogP contribution >= 0.6 is 0 Å². The molecule has 0 radical (unpaired) electrons. The minimum absolute atomic E-state index is 0.196. The Kier molecular flexibility index (Phi) is 2.84. The number of rotatable bonds is 1. The molecule has 18 heavy (non-hydrogen) atoms. The second-order valence-corrected chi connectivity index (χ2v) is 7.85. The van der Waals surface area contributed by atoms with E-state index in [1.807, 2.05) is 0 Å². The van der Waals surface area contributed by atoms with E-state index in [4.69, 9.17) is 4.74 Å². The maximum absolute atomic E-state index is 9.86. The summed E-state index contributed by atoms with van der Waals surface area (Å²) in [6.07, 6.45) is 7.50. The topological polar surface area (TPSA) is 29.5 Å². The zero-order chi connectivity index (χ0) is 13.0. The van der Waals surface area contributed by atoms with Crippen molar-refractivity contribution in [2.24, 2.45) is 22.7 Å². The Morgan fingerprint density at radius 1 is 1.06 bits per heavy atom. The van der Waals surface area contributed by atoms with Gasteiger partial charge in [0, 0.05) is 6.61 Å². The minimum Gasteiger partial charge on any atom is -0.393 e. The molecule has 1 saturated heterocycles. The van der Waals surface area contributed by atoms with Crippen LogP contribution < -0.4 is 0 Å². The van der Waals surface area contributed by atoms with Gasteiger partial charge >= 0.3 is 0 Å². The second-order valence-electron chi connectivity index (χ2n) is 7.85. The van der Waals surface area contributed by atoms with Crippen LogP contribution in [0.25, 0.3) is 0 Å². The first-order valence-electron chi connectivity index (χ1n) is 7.69. The molecule has 0 aromatic carbocycles. The van der Waals surface area contributed by atoms with Gasteiger partial charge in [0.05, 0.1) is 12.2 Å². The van der Waals surface area contributed by atoms with Crippen LogP contribution in [0, 0.1) is 22.7 Å². The van der Waals surface area contributed by atoms with Gasteiger partial charge in [-0.3, -0.25) is 0 Å². The molecular formula is C16H28O2. The second kappa shape index (κ2) is 3.96. The van der Waals surface area contributed by atoms with E-state index < -0.39 is 0 Å². The lowest BCUT2D eigenvalue weighted by molar-refractivity contribution is -0.170. The highest BCUT2D eigenvalue weighted by Crippen LogP contribution is 2.64. The van der Waals surface area contributed by atoms with E-state index in [2.05, 4.69) is 20.8 Å². The SMILES string of the molecule is CC1(C)CCCC2(C)C1CCC1(CO)OCCC12. The Balaban J connectivity index is 1.98. The lowest BCUT2D eigenvalue weighted by atomic mass is 9.45. The van der Waals surface area contributed by atoms with Crippen LogP contribution in [0.3, 0.4) is 0 Å². The molecule has 2 heteroatoms. The Morgan fingerprint density at radius 2 is 1.83 bits per heavy atom. The van der Waals surface area contributed by atoms with Crippen LogP contribution in [0.1, 0.15) is 59.3 Å². The van der Waals surface area contributed by atoms with Crippen LogP contribution in [0.4, 0.5) is 0 Å². The van der Waals surface area contributed by atoms with Crippen molar-refractivity contribution in [1.29, 1.82) is 0 Å². The van der Waals surface area contributed by atoms with E-state index in [-0.39, 0.29) is 12.2 Å². The summed E-state index contributed by atoms with van der Waals surface area (Å²) >= 11 is 0. The number of aliphatic hydroxyl groups excluding tert-OH is 1. The Hall–Kier alpha value is -0.0800. The van der Waals surface area contributed by atoms with Crippen molar-refractivity contribution in [3.05, 3.63) is 0 Å². The number of ether oxygens (including phenoxy) is 1. The van der Waals surface area contributed by atoms with Gasteiger partial charge in [0.25, 0.3) is 0 Å². The van der Waals surface area contributed by atoms with Crippen LogP contribution in [0.2, 0.25) is 0 Å². The summed E-state index contributed by atoms with van der Waals surface area (Å²) in [4.78, 5) is 0. The molecule has 0 aromatic heterocycles. The van der Waals surface area contributed by atoms with Gasteiger partial charge in [-0.05, 0) is 54.8 Å². The van der Waals surface area contributed by atoms with Crippen LogP contribution in [-0.4, -0.2) is 23.9 Å². The van der Waals surface area contributed by atoms with E-state index in [0.717, 1.165) is 25.4 Å². The predicted octanol–water partition coefficient (Wildman–Crippen LogP) is 3.38. The van der Waals surface area contributed by atoms with Gasteiger partial charge in [-0.2, -0.15) is 0 Å². The lowest BCUT2D eigenvalue weighted by Crippen LogP contribution is -2.58. The monoisotopic (exact) mass is 252 g/mol. The number of hydrogen-bond acceptors (Lipinski definition) is 2. The first kappa shape index (κ1) is 12.9. The summed E-state index contributed by atoms with van der Waals surface area (Å²) < 4.78 is 6.03. The number of hydrogen-bond donors (Lipinski definition) is 1. The molecule has 104 valence electrons. The Bertz CT molecular complexity index is 338. The molecule has 0 spiro atoms. The van der Waals surface area contributed by atoms with Crippen molar-refractivity contribution in [1.82, 2.24) is 0 Å². The van der Waals surface area contributed by atoms with Crippen molar-refractivity contribution < 1.29 is 9.84 Å². The molecule has 2 saturated carbocycles.